The number of rotatable bonds is 3. The Morgan fingerprint density at radius 1 is 1.08 bits per heavy atom. The van der Waals surface area contributed by atoms with Gasteiger partial charge in [-0.05, 0) is 49.7 Å². The van der Waals surface area contributed by atoms with Crippen molar-refractivity contribution < 1.29 is 9.18 Å². The number of thiophene rings is 1. The van der Waals surface area contributed by atoms with Crippen LogP contribution in [0.5, 0.6) is 0 Å². The van der Waals surface area contributed by atoms with Crippen molar-refractivity contribution in [1.29, 1.82) is 0 Å². The van der Waals surface area contributed by atoms with Crippen molar-refractivity contribution in [2.24, 2.45) is 0 Å². The zero-order valence-corrected chi connectivity index (χ0v) is 16.1. The Bertz CT molecular complexity index is 770. The van der Waals surface area contributed by atoms with Gasteiger partial charge in [0.1, 0.15) is 5.82 Å². The van der Waals surface area contributed by atoms with Gasteiger partial charge in [0.25, 0.3) is 5.91 Å². The monoisotopic (exact) mass is 373 g/mol. The van der Waals surface area contributed by atoms with Gasteiger partial charge in [-0.2, -0.15) is 0 Å². The van der Waals surface area contributed by atoms with Crippen LogP contribution in [0.25, 0.3) is 0 Å². The number of carbonyl (C=O) groups excluding carboxylic acids is 1. The molecule has 4 nitrogen and oxygen atoms in total. The summed E-state index contributed by atoms with van der Waals surface area (Å²) in [4.78, 5) is 21.7. The zero-order chi connectivity index (χ0) is 18.3. The van der Waals surface area contributed by atoms with Crippen LogP contribution in [-0.4, -0.2) is 47.9 Å². The molecule has 4 rings (SSSR count). The average Bonchev–Trinajstić information content (AvgIpc) is 3.21. The Kier molecular flexibility index (Phi) is 4.71. The van der Waals surface area contributed by atoms with E-state index in [0.29, 0.717) is 19.1 Å². The number of hydrogen-bond acceptors (Lipinski definition) is 4. The molecule has 1 aromatic carbocycles. The highest BCUT2D eigenvalue weighted by Gasteiger charge is 2.28. The first-order valence-electron chi connectivity index (χ1n) is 9.16. The summed E-state index contributed by atoms with van der Waals surface area (Å²) in [5.74, 6) is -0.0661. The molecule has 0 aliphatic carbocycles. The maximum atomic E-state index is 13.1. The molecule has 2 aliphatic rings. The van der Waals surface area contributed by atoms with Crippen molar-refractivity contribution in [3.8, 4) is 0 Å². The number of fused-ring (bicyclic) bond motifs is 1. The molecule has 0 unspecified atom stereocenters. The first-order chi connectivity index (χ1) is 12.5. The topological polar surface area (TPSA) is 26.8 Å². The van der Waals surface area contributed by atoms with E-state index in [1.165, 1.54) is 22.6 Å². The number of nitrogens with zero attached hydrogens (tertiary/aromatic N) is 3. The molecule has 3 heterocycles. The van der Waals surface area contributed by atoms with E-state index in [2.05, 4.69) is 29.7 Å². The van der Waals surface area contributed by atoms with Crippen LogP contribution in [-0.2, 0) is 13.1 Å². The van der Waals surface area contributed by atoms with Gasteiger partial charge < -0.3 is 9.80 Å². The predicted octanol–water partition coefficient (Wildman–Crippen LogP) is 3.57. The van der Waals surface area contributed by atoms with Crippen LogP contribution >= 0.6 is 11.3 Å². The maximum absolute atomic E-state index is 13.1. The minimum atomic E-state index is -0.218. The Labute approximate surface area is 157 Å². The van der Waals surface area contributed by atoms with Gasteiger partial charge in [0, 0.05) is 55.9 Å². The minimum absolute atomic E-state index is 0.152. The second kappa shape index (κ2) is 7.00. The molecule has 2 aliphatic heterocycles. The van der Waals surface area contributed by atoms with Crippen LogP contribution in [0, 0.1) is 5.82 Å². The SMILES string of the molecule is CC(C)N1Cc2cc(C(=O)N3CCN(c4ccc(F)cc4)CC3)sc2C1. The normalized spacial score (nSPS) is 17.8. The lowest BCUT2D eigenvalue weighted by Crippen LogP contribution is -2.48. The van der Waals surface area contributed by atoms with Crippen molar-refractivity contribution >= 4 is 22.9 Å². The molecule has 138 valence electrons. The number of hydrogen-bond donors (Lipinski definition) is 0. The van der Waals surface area contributed by atoms with Crippen molar-refractivity contribution in [3.05, 3.63) is 51.5 Å². The van der Waals surface area contributed by atoms with E-state index in [9.17, 15) is 9.18 Å². The van der Waals surface area contributed by atoms with Gasteiger partial charge in [-0.1, -0.05) is 0 Å². The molecular weight excluding hydrogens is 349 g/mol. The fraction of sp³-hybridized carbons (Fsp3) is 0.450. The van der Waals surface area contributed by atoms with E-state index < -0.39 is 0 Å². The molecule has 0 bridgehead atoms. The van der Waals surface area contributed by atoms with Gasteiger partial charge in [-0.25, -0.2) is 4.39 Å². The number of anilines is 1. The molecule has 0 atom stereocenters. The van der Waals surface area contributed by atoms with E-state index in [-0.39, 0.29) is 11.7 Å². The first kappa shape index (κ1) is 17.5. The smallest absolute Gasteiger partial charge is 0.264 e. The highest BCUT2D eigenvalue weighted by atomic mass is 32.1. The molecular formula is C20H24FN3OS. The molecule has 26 heavy (non-hydrogen) atoms. The Morgan fingerprint density at radius 2 is 1.77 bits per heavy atom. The molecule has 1 aromatic heterocycles. The molecule has 1 saturated heterocycles. The van der Waals surface area contributed by atoms with E-state index in [4.69, 9.17) is 0 Å². The largest absolute Gasteiger partial charge is 0.368 e. The van der Waals surface area contributed by atoms with E-state index >= 15 is 0 Å². The van der Waals surface area contributed by atoms with Crippen LogP contribution in [0.3, 0.4) is 0 Å². The minimum Gasteiger partial charge on any atom is -0.368 e. The summed E-state index contributed by atoms with van der Waals surface area (Å²) in [6, 6.07) is 9.21. The summed E-state index contributed by atoms with van der Waals surface area (Å²) in [6.45, 7) is 9.31. The lowest BCUT2D eigenvalue weighted by Gasteiger charge is -2.36. The summed E-state index contributed by atoms with van der Waals surface area (Å²) in [5.41, 5.74) is 2.33. The van der Waals surface area contributed by atoms with Gasteiger partial charge in [0.15, 0.2) is 0 Å². The van der Waals surface area contributed by atoms with Crippen LogP contribution in [0.2, 0.25) is 0 Å². The highest BCUT2D eigenvalue weighted by molar-refractivity contribution is 7.14. The quantitative estimate of drug-likeness (QED) is 0.823. The number of amides is 1. The molecule has 0 spiro atoms. The summed E-state index contributed by atoms with van der Waals surface area (Å²) in [6.07, 6.45) is 0. The Balaban J connectivity index is 1.37. The van der Waals surface area contributed by atoms with Crippen LogP contribution in [0.1, 0.15) is 34.0 Å². The van der Waals surface area contributed by atoms with Gasteiger partial charge >= 0.3 is 0 Å². The molecule has 6 heteroatoms. The predicted molar refractivity (Wildman–Crippen MR) is 103 cm³/mol. The van der Waals surface area contributed by atoms with E-state index in [0.717, 1.165) is 36.7 Å². The molecule has 0 radical (unpaired) electrons. The summed E-state index contributed by atoms with van der Waals surface area (Å²) in [5, 5.41) is 0. The molecule has 0 N–H and O–H groups in total. The molecule has 2 aromatic rings. The van der Waals surface area contributed by atoms with Gasteiger partial charge in [-0.15, -0.1) is 11.3 Å². The second-order valence-electron chi connectivity index (χ2n) is 7.31. The number of carbonyl (C=O) groups is 1. The second-order valence-corrected chi connectivity index (χ2v) is 8.45. The summed E-state index contributed by atoms with van der Waals surface area (Å²) >= 11 is 1.66. The molecule has 1 fully saturated rings. The molecule has 1 amide bonds. The third-order valence-electron chi connectivity index (χ3n) is 5.32. The van der Waals surface area contributed by atoms with Crippen molar-refractivity contribution in [2.45, 2.75) is 33.0 Å². The first-order valence-corrected chi connectivity index (χ1v) is 9.98. The van der Waals surface area contributed by atoms with E-state index in [1.54, 1.807) is 23.5 Å². The zero-order valence-electron chi connectivity index (χ0n) is 15.2. The number of piperazine rings is 1. The molecule has 0 saturated carbocycles. The van der Waals surface area contributed by atoms with Gasteiger partial charge in [-0.3, -0.25) is 9.69 Å². The van der Waals surface area contributed by atoms with Crippen molar-refractivity contribution in [1.82, 2.24) is 9.80 Å². The lowest BCUT2D eigenvalue weighted by atomic mass is 10.2. The lowest BCUT2D eigenvalue weighted by molar-refractivity contribution is 0.0751. The summed E-state index contributed by atoms with van der Waals surface area (Å²) in [7, 11) is 0. The van der Waals surface area contributed by atoms with Gasteiger partial charge in [0.2, 0.25) is 0 Å². The number of benzene rings is 1. The Morgan fingerprint density at radius 3 is 2.38 bits per heavy atom. The third kappa shape index (κ3) is 3.35. The van der Waals surface area contributed by atoms with Crippen molar-refractivity contribution in [3.63, 3.8) is 0 Å². The highest BCUT2D eigenvalue weighted by Crippen LogP contribution is 2.33. The third-order valence-corrected chi connectivity index (χ3v) is 6.47. The fourth-order valence-corrected chi connectivity index (χ4v) is 4.81. The fourth-order valence-electron chi connectivity index (χ4n) is 3.64. The standard InChI is InChI=1S/C20H24FN3OS/c1-14(2)24-12-15-11-18(26-19(15)13-24)20(25)23-9-7-22(8-10-23)17-5-3-16(21)4-6-17/h3-6,11,14H,7-10,12-13H2,1-2H3. The Hall–Kier alpha value is -1.92. The van der Waals surface area contributed by atoms with E-state index in [1.807, 2.05) is 4.90 Å². The summed E-state index contributed by atoms with van der Waals surface area (Å²) < 4.78 is 13.1. The van der Waals surface area contributed by atoms with Crippen LogP contribution < -0.4 is 4.90 Å². The maximum Gasteiger partial charge on any atom is 0.264 e. The van der Waals surface area contributed by atoms with Crippen molar-refractivity contribution in [2.75, 3.05) is 31.1 Å². The van der Waals surface area contributed by atoms with Gasteiger partial charge in [0.05, 0.1) is 4.88 Å². The number of halogens is 1. The van der Waals surface area contributed by atoms with Crippen LogP contribution in [0.4, 0.5) is 10.1 Å². The average molecular weight is 373 g/mol. The van der Waals surface area contributed by atoms with Crippen LogP contribution in [0.15, 0.2) is 30.3 Å².